The van der Waals surface area contributed by atoms with E-state index in [4.69, 9.17) is 9.47 Å². The molecule has 1 N–H and O–H groups in total. The summed E-state index contributed by atoms with van der Waals surface area (Å²) in [7, 11) is -1.88. The summed E-state index contributed by atoms with van der Waals surface area (Å²) in [5.74, 6) is -0.190. The molecule has 1 amide bonds. The second-order valence-electron chi connectivity index (χ2n) is 6.42. The van der Waals surface area contributed by atoms with Crippen molar-refractivity contribution in [2.45, 2.75) is 10.6 Å². The normalized spacial score (nSPS) is 11.1. The predicted molar refractivity (Wildman–Crippen MR) is 113 cm³/mol. The van der Waals surface area contributed by atoms with Crippen LogP contribution < -0.4 is 10.1 Å². The van der Waals surface area contributed by atoms with E-state index in [1.807, 2.05) is 0 Å². The van der Waals surface area contributed by atoms with Crippen LogP contribution >= 0.6 is 0 Å². The molecule has 0 bridgehead atoms. The van der Waals surface area contributed by atoms with Gasteiger partial charge in [-0.2, -0.15) is 0 Å². The summed E-state index contributed by atoms with van der Waals surface area (Å²) in [6.45, 7) is 0.707. The van der Waals surface area contributed by atoms with Crippen LogP contribution in [0.4, 0.5) is 5.69 Å². The van der Waals surface area contributed by atoms with Crippen LogP contribution in [0.15, 0.2) is 77.8 Å². The highest BCUT2D eigenvalue weighted by atomic mass is 32.2. The quantitative estimate of drug-likeness (QED) is 0.528. The summed E-state index contributed by atoms with van der Waals surface area (Å²) < 4.78 is 35.5. The summed E-state index contributed by atoms with van der Waals surface area (Å²) in [5, 5.41) is 2.76. The van der Waals surface area contributed by atoms with Crippen LogP contribution in [-0.2, 0) is 20.3 Å². The number of hydrogen-bond acceptors (Lipinski definition) is 6. The van der Waals surface area contributed by atoms with Gasteiger partial charge in [0.05, 0.1) is 17.3 Å². The van der Waals surface area contributed by atoms with E-state index in [1.54, 1.807) is 80.0 Å². The Morgan fingerprint density at radius 3 is 2.40 bits per heavy atom. The van der Waals surface area contributed by atoms with Crippen molar-refractivity contribution in [3.8, 4) is 5.88 Å². The first-order chi connectivity index (χ1) is 14.5. The van der Waals surface area contributed by atoms with Crippen LogP contribution in [0.2, 0.25) is 0 Å². The van der Waals surface area contributed by atoms with Crippen molar-refractivity contribution in [2.75, 3.05) is 25.6 Å². The average Bonchev–Trinajstić information content (AvgIpc) is 2.76. The molecule has 0 spiro atoms. The number of anilines is 1. The molecule has 1 aromatic heterocycles. The summed E-state index contributed by atoms with van der Waals surface area (Å²) in [6.07, 6.45) is 1.57. The maximum absolute atomic E-state index is 12.6. The number of aromatic nitrogens is 1. The van der Waals surface area contributed by atoms with Gasteiger partial charge in [-0.15, -0.1) is 0 Å². The van der Waals surface area contributed by atoms with Crippen molar-refractivity contribution in [1.29, 1.82) is 0 Å². The topological polar surface area (TPSA) is 94.6 Å². The number of amides is 1. The van der Waals surface area contributed by atoms with E-state index in [2.05, 4.69) is 10.3 Å². The van der Waals surface area contributed by atoms with E-state index in [0.717, 1.165) is 0 Å². The van der Waals surface area contributed by atoms with Gasteiger partial charge in [0.15, 0.2) is 9.84 Å². The van der Waals surface area contributed by atoms with Gasteiger partial charge >= 0.3 is 0 Å². The largest absolute Gasteiger partial charge is 0.474 e. The Bertz CT molecular complexity index is 1080. The van der Waals surface area contributed by atoms with Gasteiger partial charge < -0.3 is 14.8 Å². The zero-order valence-electron chi connectivity index (χ0n) is 16.4. The summed E-state index contributed by atoms with van der Waals surface area (Å²) in [6, 6.07) is 18.1. The standard InChI is InChI=1S/C22H22N2O5S/c1-28-14-15-29-22-20(8-5-13-23-22)24-21(25)18-11-9-17(10-12-18)16-30(26,27)19-6-3-2-4-7-19/h2-13H,14-16H2,1H3,(H,24,25). The minimum absolute atomic E-state index is 0.140. The third-order valence-corrected chi connectivity index (χ3v) is 5.92. The van der Waals surface area contributed by atoms with Crippen LogP contribution in [0.1, 0.15) is 15.9 Å². The van der Waals surface area contributed by atoms with Crippen molar-refractivity contribution in [3.63, 3.8) is 0 Å². The number of benzene rings is 2. The zero-order valence-corrected chi connectivity index (χ0v) is 17.3. The molecule has 0 saturated heterocycles. The molecule has 2 aromatic carbocycles. The highest BCUT2D eigenvalue weighted by Gasteiger charge is 2.16. The predicted octanol–water partition coefficient (Wildman–Crippen LogP) is 3.33. The SMILES string of the molecule is COCCOc1ncccc1NC(=O)c1ccc(CS(=O)(=O)c2ccccc2)cc1. The van der Waals surface area contributed by atoms with E-state index < -0.39 is 9.84 Å². The Kier molecular flexibility index (Phi) is 7.16. The van der Waals surface area contributed by atoms with Crippen LogP contribution in [0.5, 0.6) is 5.88 Å². The minimum atomic E-state index is -3.45. The van der Waals surface area contributed by atoms with Crippen molar-refractivity contribution in [2.24, 2.45) is 0 Å². The van der Waals surface area contributed by atoms with E-state index in [9.17, 15) is 13.2 Å². The van der Waals surface area contributed by atoms with Gasteiger partial charge in [-0.05, 0) is 42.0 Å². The molecule has 3 rings (SSSR count). The highest BCUT2D eigenvalue weighted by Crippen LogP contribution is 2.22. The fraction of sp³-hybridized carbons (Fsp3) is 0.182. The van der Waals surface area contributed by atoms with Gasteiger partial charge in [-0.1, -0.05) is 30.3 Å². The van der Waals surface area contributed by atoms with Crippen LogP contribution in [0, 0.1) is 0 Å². The molecule has 3 aromatic rings. The number of nitrogens with one attached hydrogen (secondary N) is 1. The molecule has 0 radical (unpaired) electrons. The zero-order chi connectivity index (χ0) is 21.4. The molecule has 1 heterocycles. The van der Waals surface area contributed by atoms with Gasteiger partial charge in [0.25, 0.3) is 5.91 Å². The number of nitrogens with zero attached hydrogens (tertiary/aromatic N) is 1. The molecule has 0 unspecified atom stereocenters. The lowest BCUT2D eigenvalue weighted by Gasteiger charge is -2.11. The van der Waals surface area contributed by atoms with Gasteiger partial charge in [0.2, 0.25) is 5.88 Å². The lowest BCUT2D eigenvalue weighted by molar-refractivity contribution is 0.102. The average molecular weight is 426 g/mol. The van der Waals surface area contributed by atoms with Gasteiger partial charge in [0.1, 0.15) is 12.3 Å². The first-order valence-electron chi connectivity index (χ1n) is 9.24. The van der Waals surface area contributed by atoms with Gasteiger partial charge in [0, 0.05) is 18.9 Å². The van der Waals surface area contributed by atoms with Crippen LogP contribution in [0.25, 0.3) is 0 Å². The van der Waals surface area contributed by atoms with Crippen molar-refractivity contribution >= 4 is 21.4 Å². The van der Waals surface area contributed by atoms with Gasteiger partial charge in [-0.3, -0.25) is 4.79 Å². The molecule has 30 heavy (non-hydrogen) atoms. The third kappa shape index (κ3) is 5.65. The number of hydrogen-bond donors (Lipinski definition) is 1. The number of sulfone groups is 1. The lowest BCUT2D eigenvalue weighted by Crippen LogP contribution is -2.14. The Hall–Kier alpha value is -3.23. The Labute approximate surface area is 175 Å². The molecule has 0 aliphatic carbocycles. The number of methoxy groups -OCH3 is 1. The molecular weight excluding hydrogens is 404 g/mol. The first-order valence-corrected chi connectivity index (χ1v) is 10.9. The maximum atomic E-state index is 12.6. The first kappa shape index (κ1) is 21.5. The van der Waals surface area contributed by atoms with E-state index in [0.29, 0.717) is 35.9 Å². The molecule has 0 fully saturated rings. The second-order valence-corrected chi connectivity index (χ2v) is 8.41. The monoisotopic (exact) mass is 426 g/mol. The minimum Gasteiger partial charge on any atom is -0.474 e. The molecular formula is C22H22N2O5S. The smallest absolute Gasteiger partial charge is 0.255 e. The number of carbonyl (C=O) groups excluding carboxylic acids is 1. The lowest BCUT2D eigenvalue weighted by atomic mass is 10.1. The molecule has 0 saturated carbocycles. The van der Waals surface area contributed by atoms with Crippen molar-refractivity contribution in [3.05, 3.63) is 84.1 Å². The molecule has 156 valence electrons. The number of rotatable bonds is 9. The van der Waals surface area contributed by atoms with E-state index >= 15 is 0 Å². The number of ether oxygens (including phenoxy) is 2. The summed E-state index contributed by atoms with van der Waals surface area (Å²) in [5.41, 5.74) is 1.43. The summed E-state index contributed by atoms with van der Waals surface area (Å²) in [4.78, 5) is 17.0. The Morgan fingerprint density at radius 1 is 0.967 bits per heavy atom. The molecule has 0 atom stereocenters. The third-order valence-electron chi connectivity index (χ3n) is 4.22. The van der Waals surface area contributed by atoms with Crippen LogP contribution in [0.3, 0.4) is 0 Å². The van der Waals surface area contributed by atoms with E-state index in [1.165, 1.54) is 0 Å². The van der Waals surface area contributed by atoms with Crippen molar-refractivity contribution in [1.82, 2.24) is 4.98 Å². The maximum Gasteiger partial charge on any atom is 0.255 e. The fourth-order valence-corrected chi connectivity index (χ4v) is 4.07. The number of pyridine rings is 1. The number of carbonyl (C=O) groups is 1. The second kappa shape index (κ2) is 10.00. The Balaban J connectivity index is 1.67. The molecule has 0 aliphatic heterocycles. The molecule has 0 aliphatic rings. The summed E-state index contributed by atoms with van der Waals surface area (Å²) >= 11 is 0. The van der Waals surface area contributed by atoms with E-state index in [-0.39, 0.29) is 16.6 Å². The Morgan fingerprint density at radius 2 is 1.70 bits per heavy atom. The van der Waals surface area contributed by atoms with Crippen LogP contribution in [-0.4, -0.2) is 39.6 Å². The highest BCUT2D eigenvalue weighted by molar-refractivity contribution is 7.90. The van der Waals surface area contributed by atoms with Gasteiger partial charge in [-0.25, -0.2) is 13.4 Å². The van der Waals surface area contributed by atoms with Crippen molar-refractivity contribution < 1.29 is 22.7 Å². The molecule has 7 nitrogen and oxygen atoms in total. The fourth-order valence-electron chi connectivity index (χ4n) is 2.70. The molecule has 8 heteroatoms.